The Morgan fingerprint density at radius 3 is 2.50 bits per heavy atom. The predicted octanol–water partition coefficient (Wildman–Crippen LogP) is 4.32. The van der Waals surface area contributed by atoms with E-state index in [1.54, 1.807) is 0 Å². The van der Waals surface area contributed by atoms with Crippen molar-refractivity contribution < 1.29 is 9.53 Å². The van der Waals surface area contributed by atoms with E-state index in [4.69, 9.17) is 4.74 Å². The van der Waals surface area contributed by atoms with Crippen LogP contribution in [0.3, 0.4) is 0 Å². The lowest BCUT2D eigenvalue weighted by molar-refractivity contribution is -0.157. The Bertz CT molecular complexity index is 501. The molecule has 1 aromatic carbocycles. The first-order valence-electron chi connectivity index (χ1n) is 7.23. The van der Waals surface area contributed by atoms with E-state index in [1.807, 2.05) is 25.1 Å². The van der Waals surface area contributed by atoms with E-state index < -0.39 is 5.41 Å². The van der Waals surface area contributed by atoms with E-state index in [0.29, 0.717) is 5.92 Å². The van der Waals surface area contributed by atoms with Crippen molar-refractivity contribution in [3.63, 3.8) is 0 Å². The number of hydrogen-bond acceptors (Lipinski definition) is 2. The number of benzene rings is 1. The van der Waals surface area contributed by atoms with Crippen molar-refractivity contribution in [1.82, 2.24) is 0 Å². The lowest BCUT2D eigenvalue weighted by Crippen LogP contribution is -2.41. The first kappa shape index (κ1) is 14.8. The Kier molecular flexibility index (Phi) is 4.03. The van der Waals surface area contributed by atoms with Gasteiger partial charge in [-0.05, 0) is 36.7 Å². The average Bonchev–Trinajstić information content (AvgIpc) is 2.69. The summed E-state index contributed by atoms with van der Waals surface area (Å²) in [4.78, 5) is 12.1. The Hall–Kier alpha value is -1.57. The van der Waals surface area contributed by atoms with Gasteiger partial charge in [-0.1, -0.05) is 56.3 Å². The number of esters is 1. The highest BCUT2D eigenvalue weighted by atomic mass is 16.5. The maximum absolute atomic E-state index is 12.1. The molecule has 2 heteroatoms. The zero-order valence-corrected chi connectivity index (χ0v) is 12.8. The largest absolute Gasteiger partial charge is 0.469 e. The molecule has 0 aromatic heterocycles. The number of carbonyl (C=O) groups is 1. The van der Waals surface area contributed by atoms with Crippen LogP contribution in [-0.2, 0) is 9.53 Å². The molecule has 1 aromatic rings. The fraction of sp³-hybridized carbons (Fsp3) is 0.500. The van der Waals surface area contributed by atoms with Gasteiger partial charge in [0.2, 0.25) is 0 Å². The topological polar surface area (TPSA) is 26.3 Å². The molecule has 2 nitrogen and oxygen atoms in total. The van der Waals surface area contributed by atoms with Gasteiger partial charge >= 0.3 is 5.97 Å². The number of carbonyl (C=O) groups excluding carboxylic acids is 1. The van der Waals surface area contributed by atoms with Gasteiger partial charge in [0.1, 0.15) is 0 Å². The van der Waals surface area contributed by atoms with Crippen molar-refractivity contribution in [2.24, 2.45) is 16.7 Å². The van der Waals surface area contributed by atoms with Crippen LogP contribution in [-0.4, -0.2) is 13.1 Å². The molecule has 0 amide bonds. The molecular weight excluding hydrogens is 248 g/mol. The van der Waals surface area contributed by atoms with Crippen LogP contribution in [0.15, 0.2) is 36.4 Å². The lowest BCUT2D eigenvalue weighted by Gasteiger charge is -2.38. The van der Waals surface area contributed by atoms with Crippen LogP contribution in [0.5, 0.6) is 0 Å². The van der Waals surface area contributed by atoms with Crippen molar-refractivity contribution in [3.05, 3.63) is 42.0 Å². The van der Waals surface area contributed by atoms with Gasteiger partial charge in [-0.2, -0.15) is 0 Å². The third-order valence-electron chi connectivity index (χ3n) is 5.26. The van der Waals surface area contributed by atoms with E-state index in [1.165, 1.54) is 12.7 Å². The zero-order valence-electron chi connectivity index (χ0n) is 12.8. The molecule has 0 unspecified atom stereocenters. The Balaban J connectivity index is 2.20. The monoisotopic (exact) mass is 272 g/mol. The van der Waals surface area contributed by atoms with Gasteiger partial charge in [0.15, 0.2) is 0 Å². The van der Waals surface area contributed by atoms with Gasteiger partial charge in [-0.3, -0.25) is 4.79 Å². The second kappa shape index (κ2) is 5.43. The third-order valence-corrected chi connectivity index (χ3v) is 5.26. The van der Waals surface area contributed by atoms with Crippen LogP contribution in [0.25, 0.3) is 6.08 Å². The molecule has 0 aliphatic heterocycles. The van der Waals surface area contributed by atoms with Gasteiger partial charge in [0, 0.05) is 0 Å². The van der Waals surface area contributed by atoms with Gasteiger partial charge in [0.25, 0.3) is 0 Å². The fourth-order valence-electron chi connectivity index (χ4n) is 3.25. The van der Waals surface area contributed by atoms with Gasteiger partial charge in [-0.25, -0.2) is 0 Å². The summed E-state index contributed by atoms with van der Waals surface area (Å²) in [6.45, 7) is 6.39. The summed E-state index contributed by atoms with van der Waals surface area (Å²) in [5.41, 5.74) is 0.716. The first-order chi connectivity index (χ1) is 9.41. The fourth-order valence-corrected chi connectivity index (χ4v) is 3.25. The van der Waals surface area contributed by atoms with Crippen LogP contribution < -0.4 is 0 Å². The SMILES string of the molecule is COC(=O)[C@@]1(C)CC[C@H](C=Cc2ccccc2)C1(C)C. The minimum absolute atomic E-state index is 0.0851. The van der Waals surface area contributed by atoms with Crippen LogP contribution in [0.2, 0.25) is 0 Å². The van der Waals surface area contributed by atoms with Crippen molar-refractivity contribution >= 4 is 12.0 Å². The van der Waals surface area contributed by atoms with Gasteiger partial charge in [-0.15, -0.1) is 0 Å². The Labute approximate surface area is 121 Å². The molecule has 2 atom stereocenters. The van der Waals surface area contributed by atoms with E-state index in [0.717, 1.165) is 12.8 Å². The smallest absolute Gasteiger partial charge is 0.312 e. The van der Waals surface area contributed by atoms with Crippen LogP contribution in [0.4, 0.5) is 0 Å². The molecular formula is C18H24O2. The minimum Gasteiger partial charge on any atom is -0.469 e. The van der Waals surface area contributed by atoms with Crippen molar-refractivity contribution in [2.45, 2.75) is 33.6 Å². The van der Waals surface area contributed by atoms with Gasteiger partial charge < -0.3 is 4.74 Å². The second-order valence-electron chi connectivity index (χ2n) is 6.46. The maximum atomic E-state index is 12.1. The van der Waals surface area contributed by atoms with E-state index >= 15 is 0 Å². The van der Waals surface area contributed by atoms with Gasteiger partial charge in [0.05, 0.1) is 12.5 Å². The molecule has 0 spiro atoms. The summed E-state index contributed by atoms with van der Waals surface area (Å²) in [6, 6.07) is 10.3. The zero-order chi connectivity index (χ0) is 14.8. The summed E-state index contributed by atoms with van der Waals surface area (Å²) < 4.78 is 5.02. The molecule has 1 fully saturated rings. The van der Waals surface area contributed by atoms with Crippen molar-refractivity contribution in [2.75, 3.05) is 7.11 Å². The summed E-state index contributed by atoms with van der Waals surface area (Å²) in [7, 11) is 1.48. The molecule has 0 heterocycles. The second-order valence-corrected chi connectivity index (χ2v) is 6.46. The molecule has 1 saturated carbocycles. The molecule has 0 N–H and O–H groups in total. The molecule has 0 bridgehead atoms. The molecule has 1 aliphatic rings. The number of hydrogen-bond donors (Lipinski definition) is 0. The highest BCUT2D eigenvalue weighted by Crippen LogP contribution is 2.57. The molecule has 108 valence electrons. The van der Waals surface area contributed by atoms with E-state index in [-0.39, 0.29) is 11.4 Å². The summed E-state index contributed by atoms with van der Waals surface area (Å²) in [6.07, 6.45) is 6.33. The molecule has 0 radical (unpaired) electrons. The predicted molar refractivity (Wildman–Crippen MR) is 82.1 cm³/mol. The summed E-state index contributed by atoms with van der Waals surface area (Å²) in [5.74, 6) is 0.310. The molecule has 1 aliphatic carbocycles. The molecule has 20 heavy (non-hydrogen) atoms. The van der Waals surface area contributed by atoms with E-state index in [2.05, 4.69) is 38.1 Å². The van der Waals surface area contributed by atoms with Crippen molar-refractivity contribution in [3.8, 4) is 0 Å². The highest BCUT2D eigenvalue weighted by Gasteiger charge is 2.55. The number of methoxy groups -OCH3 is 1. The van der Waals surface area contributed by atoms with Crippen LogP contribution in [0, 0.1) is 16.7 Å². The Morgan fingerprint density at radius 1 is 1.25 bits per heavy atom. The Morgan fingerprint density at radius 2 is 1.90 bits per heavy atom. The number of rotatable bonds is 3. The normalized spacial score (nSPS) is 28.7. The number of ether oxygens (including phenoxy) is 1. The third kappa shape index (κ3) is 2.39. The quantitative estimate of drug-likeness (QED) is 0.766. The molecule has 0 saturated heterocycles. The van der Waals surface area contributed by atoms with Crippen LogP contribution in [0.1, 0.15) is 39.2 Å². The summed E-state index contributed by atoms with van der Waals surface area (Å²) in [5, 5.41) is 0. The first-order valence-corrected chi connectivity index (χ1v) is 7.23. The van der Waals surface area contributed by atoms with Crippen molar-refractivity contribution in [1.29, 1.82) is 0 Å². The van der Waals surface area contributed by atoms with E-state index in [9.17, 15) is 4.79 Å². The standard InChI is InChI=1S/C18H24O2/c1-17(2)15(11-10-14-8-6-5-7-9-14)12-13-18(17,3)16(19)20-4/h5-11,15H,12-13H2,1-4H3/t15-,18+/m0/s1. The molecule has 2 rings (SSSR count). The lowest BCUT2D eigenvalue weighted by atomic mass is 9.65. The minimum atomic E-state index is -0.395. The van der Waals surface area contributed by atoms with Crippen LogP contribution >= 0.6 is 0 Å². The highest BCUT2D eigenvalue weighted by molar-refractivity contribution is 5.78. The summed E-state index contributed by atoms with van der Waals surface area (Å²) >= 11 is 0. The average molecular weight is 272 g/mol. The maximum Gasteiger partial charge on any atom is 0.312 e. The number of allylic oxidation sites excluding steroid dienone is 1.